The first-order chi connectivity index (χ1) is 12.0. The molecule has 0 aliphatic heterocycles. The van der Waals surface area contributed by atoms with Crippen LogP contribution >= 0.6 is 21.6 Å². The average molecular weight is 395 g/mol. The SMILES string of the molecule is COc1ccc(CSSC=CCS(=O)(=O)Cc2ccc(C)cc2)cc1. The van der Waals surface area contributed by atoms with Gasteiger partial charge in [0.2, 0.25) is 0 Å². The summed E-state index contributed by atoms with van der Waals surface area (Å²) < 4.78 is 29.4. The molecule has 2 rings (SSSR count). The van der Waals surface area contributed by atoms with Crippen LogP contribution in [0.15, 0.2) is 60.0 Å². The molecule has 0 bridgehead atoms. The molecule has 0 N–H and O–H groups in total. The van der Waals surface area contributed by atoms with Gasteiger partial charge in [-0.15, -0.1) is 0 Å². The van der Waals surface area contributed by atoms with Crippen LogP contribution in [0.4, 0.5) is 0 Å². The molecular formula is C19H22O3S3. The Hall–Kier alpha value is -1.37. The topological polar surface area (TPSA) is 43.4 Å². The molecule has 134 valence electrons. The molecule has 0 aromatic heterocycles. The molecule has 2 aromatic rings. The van der Waals surface area contributed by atoms with Crippen LogP contribution in [0.2, 0.25) is 0 Å². The summed E-state index contributed by atoms with van der Waals surface area (Å²) in [5, 5.41) is 1.85. The molecule has 0 radical (unpaired) electrons. The molecule has 0 atom stereocenters. The van der Waals surface area contributed by atoms with Crippen molar-refractivity contribution in [2.45, 2.75) is 18.4 Å². The Morgan fingerprint density at radius 3 is 2.28 bits per heavy atom. The predicted octanol–water partition coefficient (Wildman–Crippen LogP) is 5.01. The molecular weight excluding hydrogens is 372 g/mol. The van der Waals surface area contributed by atoms with Crippen molar-refractivity contribution in [3.63, 3.8) is 0 Å². The lowest BCUT2D eigenvalue weighted by Gasteiger charge is -2.03. The van der Waals surface area contributed by atoms with Gasteiger partial charge in [-0.2, -0.15) is 0 Å². The Bertz CT molecular complexity index is 780. The summed E-state index contributed by atoms with van der Waals surface area (Å²) in [6.07, 6.45) is 1.72. The second kappa shape index (κ2) is 9.94. The van der Waals surface area contributed by atoms with E-state index in [2.05, 4.69) is 0 Å². The van der Waals surface area contributed by atoms with Gasteiger partial charge in [-0.25, -0.2) is 8.42 Å². The molecule has 0 amide bonds. The maximum absolute atomic E-state index is 12.1. The standard InChI is InChI=1S/C19H22O3S3/c1-16-4-6-18(7-5-16)15-25(20,21)13-3-12-23-24-14-17-8-10-19(22-2)11-9-17/h3-12H,13-15H2,1-2H3. The van der Waals surface area contributed by atoms with Gasteiger partial charge in [-0.1, -0.05) is 69.6 Å². The average Bonchev–Trinajstić information content (AvgIpc) is 2.60. The number of rotatable bonds is 9. The smallest absolute Gasteiger partial charge is 0.158 e. The molecule has 0 saturated carbocycles. The third kappa shape index (κ3) is 7.59. The second-order valence-corrected chi connectivity index (χ2v) is 10.0. The van der Waals surface area contributed by atoms with E-state index in [0.717, 1.165) is 22.6 Å². The van der Waals surface area contributed by atoms with Crippen molar-refractivity contribution >= 4 is 31.4 Å². The summed E-state index contributed by atoms with van der Waals surface area (Å²) in [7, 11) is 1.75. The Labute approximate surface area is 158 Å². The molecule has 0 saturated heterocycles. The van der Waals surface area contributed by atoms with Crippen LogP contribution in [-0.2, 0) is 21.3 Å². The molecule has 0 spiro atoms. The van der Waals surface area contributed by atoms with Gasteiger partial charge >= 0.3 is 0 Å². The Balaban J connectivity index is 1.71. The summed E-state index contributed by atoms with van der Waals surface area (Å²) in [5.41, 5.74) is 3.17. The van der Waals surface area contributed by atoms with Crippen molar-refractivity contribution in [1.29, 1.82) is 0 Å². The molecule has 6 heteroatoms. The monoisotopic (exact) mass is 394 g/mol. The first kappa shape index (κ1) is 19.9. The van der Waals surface area contributed by atoms with E-state index in [1.807, 2.05) is 60.9 Å². The summed E-state index contributed by atoms with van der Waals surface area (Å²) in [6.45, 7) is 1.99. The molecule has 3 nitrogen and oxygen atoms in total. The fraction of sp³-hybridized carbons (Fsp3) is 0.263. The number of aryl methyl sites for hydroxylation is 1. The van der Waals surface area contributed by atoms with Gasteiger partial charge in [-0.05, 0) is 35.6 Å². The second-order valence-electron chi connectivity index (χ2n) is 5.62. The number of hydrogen-bond acceptors (Lipinski definition) is 5. The number of hydrogen-bond donors (Lipinski definition) is 0. The van der Waals surface area contributed by atoms with E-state index in [1.54, 1.807) is 34.8 Å². The summed E-state index contributed by atoms with van der Waals surface area (Å²) >= 11 is 0. The van der Waals surface area contributed by atoms with Gasteiger partial charge in [0.05, 0.1) is 18.6 Å². The van der Waals surface area contributed by atoms with Crippen LogP contribution in [0.3, 0.4) is 0 Å². The van der Waals surface area contributed by atoms with E-state index in [0.29, 0.717) is 0 Å². The fourth-order valence-electron chi connectivity index (χ4n) is 2.09. The van der Waals surface area contributed by atoms with E-state index >= 15 is 0 Å². The van der Waals surface area contributed by atoms with E-state index in [4.69, 9.17) is 4.74 Å². The van der Waals surface area contributed by atoms with E-state index in [-0.39, 0.29) is 11.5 Å². The summed E-state index contributed by atoms with van der Waals surface area (Å²) in [6, 6.07) is 15.6. The van der Waals surface area contributed by atoms with Crippen LogP contribution in [0.25, 0.3) is 0 Å². The number of ether oxygens (including phenoxy) is 1. The largest absolute Gasteiger partial charge is 0.497 e. The normalized spacial score (nSPS) is 11.8. The third-order valence-corrected chi connectivity index (χ3v) is 6.92. The minimum atomic E-state index is -3.12. The Morgan fingerprint density at radius 1 is 1.00 bits per heavy atom. The lowest BCUT2D eigenvalue weighted by molar-refractivity contribution is 0.414. The minimum absolute atomic E-state index is 0.0664. The van der Waals surface area contributed by atoms with E-state index < -0.39 is 9.84 Å². The van der Waals surface area contributed by atoms with Crippen molar-refractivity contribution in [3.8, 4) is 5.75 Å². The first-order valence-corrected chi connectivity index (χ1v) is 12.0. The van der Waals surface area contributed by atoms with Gasteiger partial charge in [0.1, 0.15) is 5.75 Å². The lowest BCUT2D eigenvalue weighted by Crippen LogP contribution is -2.07. The van der Waals surface area contributed by atoms with Gasteiger partial charge in [0.15, 0.2) is 9.84 Å². The van der Waals surface area contributed by atoms with Gasteiger partial charge < -0.3 is 4.74 Å². The van der Waals surface area contributed by atoms with Crippen LogP contribution in [0.1, 0.15) is 16.7 Å². The number of methoxy groups -OCH3 is 1. The zero-order chi connectivity index (χ0) is 18.1. The van der Waals surface area contributed by atoms with Crippen LogP contribution < -0.4 is 4.74 Å². The zero-order valence-corrected chi connectivity index (χ0v) is 16.8. The van der Waals surface area contributed by atoms with Gasteiger partial charge in [0.25, 0.3) is 0 Å². The van der Waals surface area contributed by atoms with Crippen molar-refractivity contribution in [2.24, 2.45) is 0 Å². The minimum Gasteiger partial charge on any atom is -0.497 e. The molecule has 2 aromatic carbocycles. The summed E-state index contributed by atoms with van der Waals surface area (Å²) in [5.74, 6) is 1.85. The van der Waals surface area contributed by atoms with Gasteiger partial charge in [-0.3, -0.25) is 0 Å². The number of sulfone groups is 1. The maximum atomic E-state index is 12.1. The number of benzene rings is 2. The quantitative estimate of drug-likeness (QED) is 0.442. The molecule has 25 heavy (non-hydrogen) atoms. The molecule has 0 aliphatic rings. The van der Waals surface area contributed by atoms with Crippen molar-refractivity contribution < 1.29 is 13.2 Å². The molecule has 0 fully saturated rings. The van der Waals surface area contributed by atoms with Crippen molar-refractivity contribution in [1.82, 2.24) is 0 Å². The third-order valence-electron chi connectivity index (χ3n) is 3.46. The Morgan fingerprint density at radius 2 is 1.64 bits per heavy atom. The lowest BCUT2D eigenvalue weighted by atomic mass is 10.2. The van der Waals surface area contributed by atoms with Crippen LogP contribution in [-0.4, -0.2) is 21.3 Å². The summed E-state index contributed by atoms with van der Waals surface area (Å²) in [4.78, 5) is 0. The highest BCUT2D eigenvalue weighted by molar-refractivity contribution is 8.77. The Kier molecular flexibility index (Phi) is 7.93. The molecule has 0 heterocycles. The molecule has 0 aliphatic carbocycles. The van der Waals surface area contributed by atoms with Gasteiger partial charge in [0, 0.05) is 5.75 Å². The van der Waals surface area contributed by atoms with Crippen molar-refractivity contribution in [3.05, 3.63) is 76.7 Å². The van der Waals surface area contributed by atoms with E-state index in [9.17, 15) is 8.42 Å². The van der Waals surface area contributed by atoms with Crippen LogP contribution in [0.5, 0.6) is 5.75 Å². The highest BCUT2D eigenvalue weighted by Gasteiger charge is 2.09. The predicted molar refractivity (Wildman–Crippen MR) is 110 cm³/mol. The molecule has 0 unspecified atom stereocenters. The maximum Gasteiger partial charge on any atom is 0.158 e. The highest BCUT2D eigenvalue weighted by atomic mass is 33.1. The first-order valence-electron chi connectivity index (χ1n) is 7.81. The fourth-order valence-corrected chi connectivity index (χ4v) is 5.15. The van der Waals surface area contributed by atoms with E-state index in [1.165, 1.54) is 5.56 Å². The zero-order valence-electron chi connectivity index (χ0n) is 14.3. The van der Waals surface area contributed by atoms with Crippen LogP contribution in [0, 0.1) is 6.92 Å². The highest BCUT2D eigenvalue weighted by Crippen LogP contribution is 2.27. The van der Waals surface area contributed by atoms with Crippen molar-refractivity contribution in [2.75, 3.05) is 12.9 Å².